The molecule has 0 saturated carbocycles. The third kappa shape index (κ3) is 5.49. The summed E-state index contributed by atoms with van der Waals surface area (Å²) in [5.41, 5.74) is 0.704. The Morgan fingerprint density at radius 2 is 2.15 bits per heavy atom. The molecule has 140 valence electrons. The second kappa shape index (κ2) is 9.24. The van der Waals surface area contributed by atoms with E-state index in [9.17, 15) is 4.79 Å². The summed E-state index contributed by atoms with van der Waals surface area (Å²) in [6.07, 6.45) is 7.38. The van der Waals surface area contributed by atoms with E-state index >= 15 is 0 Å². The van der Waals surface area contributed by atoms with Crippen molar-refractivity contribution in [2.75, 3.05) is 32.0 Å². The number of nitrogens with zero attached hydrogens (tertiary/aromatic N) is 2. The van der Waals surface area contributed by atoms with E-state index in [1.807, 2.05) is 24.3 Å². The molecule has 3 N–H and O–H groups in total. The highest BCUT2D eigenvalue weighted by Gasteiger charge is 2.19. The number of para-hydroxylation sites is 2. The van der Waals surface area contributed by atoms with Crippen LogP contribution in [0.2, 0.25) is 0 Å². The first-order valence-electron chi connectivity index (χ1n) is 9.18. The Morgan fingerprint density at radius 3 is 2.92 bits per heavy atom. The SMILES string of the molecule is CN1CCC(Oc2ccccc2NC(=O)NCCCc2ncc[nH]2)CC1. The van der Waals surface area contributed by atoms with Crippen molar-refractivity contribution in [2.24, 2.45) is 0 Å². The minimum atomic E-state index is -0.219. The number of aromatic nitrogens is 2. The molecule has 2 heterocycles. The number of urea groups is 1. The topological polar surface area (TPSA) is 82.3 Å². The van der Waals surface area contributed by atoms with Crippen molar-refractivity contribution in [3.8, 4) is 5.75 Å². The van der Waals surface area contributed by atoms with Crippen molar-refractivity contribution in [3.05, 3.63) is 42.5 Å². The fourth-order valence-electron chi connectivity index (χ4n) is 3.01. The van der Waals surface area contributed by atoms with Crippen molar-refractivity contribution in [1.82, 2.24) is 20.2 Å². The zero-order chi connectivity index (χ0) is 18.2. The van der Waals surface area contributed by atoms with Crippen LogP contribution in [0.15, 0.2) is 36.7 Å². The molecule has 1 fully saturated rings. The summed E-state index contributed by atoms with van der Waals surface area (Å²) in [6.45, 7) is 2.66. The Bertz CT molecular complexity index is 681. The number of aryl methyl sites for hydroxylation is 1. The number of hydrogen-bond donors (Lipinski definition) is 3. The van der Waals surface area contributed by atoms with Gasteiger partial charge in [-0.15, -0.1) is 0 Å². The van der Waals surface area contributed by atoms with E-state index in [0.29, 0.717) is 12.2 Å². The summed E-state index contributed by atoms with van der Waals surface area (Å²) in [5, 5.41) is 5.77. The molecule has 26 heavy (non-hydrogen) atoms. The van der Waals surface area contributed by atoms with Gasteiger partial charge in [0, 0.05) is 38.4 Å². The molecule has 2 amide bonds. The predicted octanol–water partition coefficient (Wildman–Crippen LogP) is 2.64. The quantitative estimate of drug-likeness (QED) is 0.665. The average molecular weight is 357 g/mol. The van der Waals surface area contributed by atoms with Crippen LogP contribution in [0.5, 0.6) is 5.75 Å². The van der Waals surface area contributed by atoms with Gasteiger partial charge in [-0.1, -0.05) is 12.1 Å². The summed E-state index contributed by atoms with van der Waals surface area (Å²) < 4.78 is 6.13. The number of benzene rings is 1. The highest BCUT2D eigenvalue weighted by molar-refractivity contribution is 5.90. The monoisotopic (exact) mass is 357 g/mol. The average Bonchev–Trinajstić information content (AvgIpc) is 3.16. The van der Waals surface area contributed by atoms with Crippen LogP contribution in [-0.4, -0.2) is 53.7 Å². The zero-order valence-electron chi connectivity index (χ0n) is 15.2. The lowest BCUT2D eigenvalue weighted by Gasteiger charge is -2.29. The highest BCUT2D eigenvalue weighted by Crippen LogP contribution is 2.27. The number of H-pyrrole nitrogens is 1. The molecule has 1 aromatic carbocycles. The molecule has 0 radical (unpaired) electrons. The molecule has 1 aromatic heterocycles. The molecule has 0 spiro atoms. The molecule has 7 heteroatoms. The Labute approximate surface area is 154 Å². The van der Waals surface area contributed by atoms with Crippen LogP contribution < -0.4 is 15.4 Å². The lowest BCUT2D eigenvalue weighted by atomic mass is 10.1. The van der Waals surface area contributed by atoms with E-state index < -0.39 is 0 Å². The molecule has 2 aromatic rings. The maximum Gasteiger partial charge on any atom is 0.319 e. The fourth-order valence-corrected chi connectivity index (χ4v) is 3.01. The van der Waals surface area contributed by atoms with Crippen LogP contribution in [0.3, 0.4) is 0 Å². The van der Waals surface area contributed by atoms with Gasteiger partial charge in [0.25, 0.3) is 0 Å². The van der Waals surface area contributed by atoms with E-state index in [-0.39, 0.29) is 12.1 Å². The molecule has 1 aliphatic heterocycles. The molecule has 1 saturated heterocycles. The van der Waals surface area contributed by atoms with Crippen LogP contribution in [0.25, 0.3) is 0 Å². The molecule has 0 unspecified atom stereocenters. The smallest absolute Gasteiger partial charge is 0.319 e. The Morgan fingerprint density at radius 1 is 1.35 bits per heavy atom. The summed E-state index contributed by atoms with van der Waals surface area (Å²) >= 11 is 0. The van der Waals surface area contributed by atoms with E-state index in [0.717, 1.165) is 50.3 Å². The number of aromatic amines is 1. The maximum absolute atomic E-state index is 12.2. The van der Waals surface area contributed by atoms with Gasteiger partial charge in [0.15, 0.2) is 0 Å². The van der Waals surface area contributed by atoms with E-state index in [1.165, 1.54) is 0 Å². The lowest BCUT2D eigenvalue weighted by Crippen LogP contribution is -2.36. The number of anilines is 1. The third-order valence-corrected chi connectivity index (χ3v) is 4.53. The fraction of sp³-hybridized carbons (Fsp3) is 0.474. The van der Waals surface area contributed by atoms with Crippen molar-refractivity contribution in [1.29, 1.82) is 0 Å². The van der Waals surface area contributed by atoms with Gasteiger partial charge in [0.05, 0.1) is 5.69 Å². The van der Waals surface area contributed by atoms with Crippen molar-refractivity contribution in [3.63, 3.8) is 0 Å². The molecule has 0 atom stereocenters. The zero-order valence-corrected chi connectivity index (χ0v) is 15.2. The number of imidazole rings is 1. The van der Waals surface area contributed by atoms with Crippen LogP contribution in [0, 0.1) is 0 Å². The molecule has 7 nitrogen and oxygen atoms in total. The summed E-state index contributed by atoms with van der Waals surface area (Å²) in [7, 11) is 2.13. The second-order valence-corrected chi connectivity index (χ2v) is 6.64. The number of likely N-dealkylation sites (tertiary alicyclic amines) is 1. The lowest BCUT2D eigenvalue weighted by molar-refractivity contribution is 0.115. The number of carbonyl (C=O) groups is 1. The predicted molar refractivity (Wildman–Crippen MR) is 102 cm³/mol. The van der Waals surface area contributed by atoms with Gasteiger partial charge >= 0.3 is 6.03 Å². The standard InChI is InChI=1S/C19H27N5O2/c1-24-13-8-15(9-14-24)26-17-6-3-2-5-16(17)23-19(25)22-10-4-7-18-20-11-12-21-18/h2-3,5-6,11-12,15H,4,7-10,13-14H2,1H3,(H,20,21)(H2,22,23,25). The minimum absolute atomic E-state index is 0.200. The van der Waals surface area contributed by atoms with Crippen molar-refractivity contribution < 1.29 is 9.53 Å². The van der Waals surface area contributed by atoms with Crippen LogP contribution in [-0.2, 0) is 6.42 Å². The Kier molecular flexibility index (Phi) is 6.49. The van der Waals surface area contributed by atoms with Gasteiger partial charge in [-0.25, -0.2) is 9.78 Å². The van der Waals surface area contributed by atoms with Gasteiger partial charge in [-0.3, -0.25) is 0 Å². The molecular weight excluding hydrogens is 330 g/mol. The molecular formula is C19H27N5O2. The highest BCUT2D eigenvalue weighted by atomic mass is 16.5. The number of ether oxygens (including phenoxy) is 1. The molecule has 1 aliphatic rings. The number of amides is 2. The molecule has 3 rings (SSSR count). The van der Waals surface area contributed by atoms with E-state index in [4.69, 9.17) is 4.74 Å². The second-order valence-electron chi connectivity index (χ2n) is 6.64. The third-order valence-electron chi connectivity index (χ3n) is 4.53. The first-order valence-corrected chi connectivity index (χ1v) is 9.18. The van der Waals surface area contributed by atoms with E-state index in [2.05, 4.69) is 32.5 Å². The summed E-state index contributed by atoms with van der Waals surface area (Å²) in [6, 6.07) is 7.38. The Hall–Kier alpha value is -2.54. The Balaban J connectivity index is 1.45. The largest absolute Gasteiger partial charge is 0.488 e. The first kappa shape index (κ1) is 18.3. The van der Waals surface area contributed by atoms with Gasteiger partial charge in [-0.05, 0) is 38.4 Å². The number of carbonyl (C=O) groups excluding carboxylic acids is 1. The number of piperidine rings is 1. The summed E-state index contributed by atoms with van der Waals surface area (Å²) in [4.78, 5) is 21.7. The van der Waals surface area contributed by atoms with Gasteiger partial charge < -0.3 is 25.3 Å². The van der Waals surface area contributed by atoms with Gasteiger partial charge in [0.2, 0.25) is 0 Å². The minimum Gasteiger partial charge on any atom is -0.488 e. The normalized spacial score (nSPS) is 15.6. The van der Waals surface area contributed by atoms with Crippen LogP contribution in [0.4, 0.5) is 10.5 Å². The van der Waals surface area contributed by atoms with Crippen molar-refractivity contribution in [2.45, 2.75) is 31.8 Å². The van der Waals surface area contributed by atoms with Gasteiger partial charge in [0.1, 0.15) is 17.7 Å². The number of nitrogens with one attached hydrogen (secondary N) is 3. The number of rotatable bonds is 7. The van der Waals surface area contributed by atoms with Crippen molar-refractivity contribution >= 4 is 11.7 Å². The van der Waals surface area contributed by atoms with Crippen LogP contribution >= 0.6 is 0 Å². The first-order chi connectivity index (χ1) is 12.7. The summed E-state index contributed by atoms with van der Waals surface area (Å²) in [5.74, 6) is 1.66. The van der Waals surface area contributed by atoms with Gasteiger partial charge in [-0.2, -0.15) is 0 Å². The molecule has 0 bridgehead atoms. The van der Waals surface area contributed by atoms with Crippen LogP contribution in [0.1, 0.15) is 25.1 Å². The number of hydrogen-bond acceptors (Lipinski definition) is 4. The van der Waals surface area contributed by atoms with E-state index in [1.54, 1.807) is 12.4 Å². The molecule has 0 aliphatic carbocycles. The maximum atomic E-state index is 12.2.